The molecule has 0 atom stereocenters. The topological polar surface area (TPSA) is 98.0 Å². The molecule has 0 saturated carbocycles. The van der Waals surface area contributed by atoms with Crippen molar-refractivity contribution in [2.75, 3.05) is 26.1 Å². The van der Waals surface area contributed by atoms with E-state index in [0.29, 0.717) is 17.5 Å². The maximum Gasteiger partial charge on any atom is 0.351 e. The number of carboxylic acid groups (broad SMARTS) is 1. The summed E-state index contributed by atoms with van der Waals surface area (Å²) in [6, 6.07) is 12.2. The summed E-state index contributed by atoms with van der Waals surface area (Å²) >= 11 is 0. The van der Waals surface area contributed by atoms with Crippen molar-refractivity contribution in [3.63, 3.8) is 0 Å². The Morgan fingerprint density at radius 3 is 2.41 bits per heavy atom. The highest BCUT2D eigenvalue weighted by atomic mass is 16.5. The van der Waals surface area contributed by atoms with E-state index in [4.69, 9.17) is 19.0 Å². The molecule has 3 aromatic rings. The number of fused-ring (bicyclic) bond motifs is 1. The van der Waals surface area contributed by atoms with Crippen molar-refractivity contribution in [3.05, 3.63) is 64.0 Å². The maximum atomic E-state index is 11.7. The van der Waals surface area contributed by atoms with Crippen LogP contribution in [0.1, 0.15) is 15.9 Å². The Hall–Kier alpha value is -3.48. The van der Waals surface area contributed by atoms with Gasteiger partial charge in [-0.25, -0.2) is 9.59 Å². The Morgan fingerprint density at radius 2 is 1.78 bits per heavy atom. The summed E-state index contributed by atoms with van der Waals surface area (Å²) in [6.45, 7) is 0.638. The molecule has 0 aliphatic rings. The van der Waals surface area contributed by atoms with Gasteiger partial charge in [0.1, 0.15) is 22.6 Å². The Morgan fingerprint density at radius 1 is 1.07 bits per heavy atom. The van der Waals surface area contributed by atoms with Gasteiger partial charge in [-0.15, -0.1) is 0 Å². The molecule has 0 unspecified atom stereocenters. The van der Waals surface area contributed by atoms with Crippen LogP contribution in [0.15, 0.2) is 51.7 Å². The molecule has 7 heteroatoms. The van der Waals surface area contributed by atoms with E-state index in [-0.39, 0.29) is 5.56 Å². The molecular weight excluding hydrogens is 350 g/mol. The van der Waals surface area contributed by atoms with E-state index in [0.717, 1.165) is 29.2 Å². The Bertz CT molecular complexity index is 1020. The van der Waals surface area contributed by atoms with Gasteiger partial charge < -0.3 is 24.3 Å². The van der Waals surface area contributed by atoms with Crippen molar-refractivity contribution in [1.29, 1.82) is 0 Å². The third kappa shape index (κ3) is 4.20. The molecule has 7 nitrogen and oxygen atoms in total. The van der Waals surface area contributed by atoms with E-state index >= 15 is 0 Å². The molecule has 0 bridgehead atoms. The number of hydrogen-bond acceptors (Lipinski definition) is 6. The van der Waals surface area contributed by atoms with Gasteiger partial charge in [0.15, 0.2) is 0 Å². The van der Waals surface area contributed by atoms with Crippen molar-refractivity contribution in [3.8, 4) is 11.5 Å². The zero-order valence-electron chi connectivity index (χ0n) is 14.9. The summed E-state index contributed by atoms with van der Waals surface area (Å²) < 4.78 is 15.6. The summed E-state index contributed by atoms with van der Waals surface area (Å²) in [5.74, 6) is 0.152. The van der Waals surface area contributed by atoms with E-state index < -0.39 is 11.6 Å². The molecule has 0 fully saturated rings. The van der Waals surface area contributed by atoms with Gasteiger partial charge in [0.2, 0.25) is 0 Å². The van der Waals surface area contributed by atoms with E-state index in [9.17, 15) is 9.59 Å². The first-order valence-corrected chi connectivity index (χ1v) is 8.27. The van der Waals surface area contributed by atoms with Crippen molar-refractivity contribution >= 4 is 22.6 Å². The Kier molecular flexibility index (Phi) is 5.30. The largest absolute Gasteiger partial charge is 0.497 e. The second kappa shape index (κ2) is 7.82. The molecule has 1 aromatic heterocycles. The molecule has 2 aromatic carbocycles. The number of methoxy groups -OCH3 is 2. The standard InChI is InChI=1S/C20H19NO6/c1-25-15-7-12(8-16(11-15)26-2)5-6-21-14-4-3-13-9-17(19(22)23)20(24)27-18(13)10-14/h3-4,7-11,21H,5-6H2,1-2H3,(H,22,23). The third-order valence-electron chi connectivity index (χ3n) is 4.12. The average molecular weight is 369 g/mol. The molecular formula is C20H19NO6. The van der Waals surface area contributed by atoms with E-state index in [1.54, 1.807) is 32.4 Å². The number of carboxylic acids is 1. The van der Waals surface area contributed by atoms with Gasteiger partial charge in [0.05, 0.1) is 14.2 Å². The first kappa shape index (κ1) is 18.3. The van der Waals surface area contributed by atoms with Gasteiger partial charge in [0, 0.05) is 29.8 Å². The smallest absolute Gasteiger partial charge is 0.351 e. The summed E-state index contributed by atoms with van der Waals surface area (Å²) in [7, 11) is 3.21. The molecule has 27 heavy (non-hydrogen) atoms. The second-order valence-corrected chi connectivity index (χ2v) is 5.90. The molecule has 0 aliphatic carbocycles. The first-order chi connectivity index (χ1) is 13.0. The number of carbonyl (C=O) groups is 1. The third-order valence-corrected chi connectivity index (χ3v) is 4.12. The molecule has 0 saturated heterocycles. The number of rotatable bonds is 7. The predicted molar refractivity (Wildman–Crippen MR) is 101 cm³/mol. The lowest BCUT2D eigenvalue weighted by molar-refractivity contribution is 0.0692. The fraction of sp³-hybridized carbons (Fsp3) is 0.200. The van der Waals surface area contributed by atoms with Crippen molar-refractivity contribution in [2.45, 2.75) is 6.42 Å². The van der Waals surface area contributed by atoms with Gasteiger partial charge in [-0.2, -0.15) is 0 Å². The lowest BCUT2D eigenvalue weighted by Crippen LogP contribution is -2.13. The predicted octanol–water partition coefficient (Wildman–Crippen LogP) is 3.16. The number of hydrogen-bond donors (Lipinski definition) is 2. The number of nitrogens with one attached hydrogen (secondary N) is 1. The van der Waals surface area contributed by atoms with Gasteiger partial charge in [-0.05, 0) is 42.3 Å². The second-order valence-electron chi connectivity index (χ2n) is 5.90. The lowest BCUT2D eigenvalue weighted by atomic mass is 10.1. The summed E-state index contributed by atoms with van der Waals surface area (Å²) in [6.07, 6.45) is 0.730. The number of ether oxygens (including phenoxy) is 2. The fourth-order valence-electron chi connectivity index (χ4n) is 2.73. The van der Waals surface area contributed by atoms with Crippen LogP contribution in [0.4, 0.5) is 5.69 Å². The van der Waals surface area contributed by atoms with Crippen LogP contribution in [0.25, 0.3) is 11.0 Å². The zero-order valence-corrected chi connectivity index (χ0v) is 14.9. The minimum absolute atomic E-state index is 0.332. The minimum atomic E-state index is -1.30. The zero-order chi connectivity index (χ0) is 19.4. The number of benzene rings is 2. The molecule has 0 aliphatic heterocycles. The van der Waals surface area contributed by atoms with E-state index in [2.05, 4.69) is 5.32 Å². The highest BCUT2D eigenvalue weighted by Gasteiger charge is 2.12. The van der Waals surface area contributed by atoms with Gasteiger partial charge >= 0.3 is 11.6 Å². The quantitative estimate of drug-likeness (QED) is 0.617. The lowest BCUT2D eigenvalue weighted by Gasteiger charge is -2.10. The molecule has 2 N–H and O–H groups in total. The van der Waals surface area contributed by atoms with Gasteiger partial charge in [0.25, 0.3) is 0 Å². The van der Waals surface area contributed by atoms with Crippen LogP contribution in [0.5, 0.6) is 11.5 Å². The summed E-state index contributed by atoms with van der Waals surface area (Å²) in [4.78, 5) is 22.7. The molecule has 0 radical (unpaired) electrons. The van der Waals surface area contributed by atoms with Crippen LogP contribution in [-0.4, -0.2) is 31.8 Å². The van der Waals surface area contributed by atoms with E-state index in [1.165, 1.54) is 6.07 Å². The molecule has 1 heterocycles. The number of anilines is 1. The highest BCUT2D eigenvalue weighted by molar-refractivity contribution is 5.92. The van der Waals surface area contributed by atoms with Crippen LogP contribution >= 0.6 is 0 Å². The fourth-order valence-corrected chi connectivity index (χ4v) is 2.73. The average Bonchev–Trinajstić information content (AvgIpc) is 2.66. The van der Waals surface area contributed by atoms with Crippen molar-refractivity contribution in [1.82, 2.24) is 0 Å². The van der Waals surface area contributed by atoms with Crippen molar-refractivity contribution in [2.24, 2.45) is 0 Å². The summed E-state index contributed by atoms with van der Waals surface area (Å²) in [5.41, 5.74) is 0.907. The van der Waals surface area contributed by atoms with Gasteiger partial charge in [-0.3, -0.25) is 0 Å². The van der Waals surface area contributed by atoms with Crippen LogP contribution in [0.2, 0.25) is 0 Å². The van der Waals surface area contributed by atoms with Gasteiger partial charge in [-0.1, -0.05) is 0 Å². The Balaban J connectivity index is 1.73. The SMILES string of the molecule is COc1cc(CCNc2ccc3cc(C(=O)O)c(=O)oc3c2)cc(OC)c1. The molecule has 0 amide bonds. The first-order valence-electron chi connectivity index (χ1n) is 8.27. The monoisotopic (exact) mass is 369 g/mol. The van der Waals surface area contributed by atoms with Crippen LogP contribution < -0.4 is 20.4 Å². The molecule has 0 spiro atoms. The number of aromatic carboxylic acids is 1. The van der Waals surface area contributed by atoms with Crippen LogP contribution in [0, 0.1) is 0 Å². The highest BCUT2D eigenvalue weighted by Crippen LogP contribution is 2.23. The van der Waals surface area contributed by atoms with E-state index in [1.807, 2.05) is 18.2 Å². The van der Waals surface area contributed by atoms with Crippen LogP contribution in [0.3, 0.4) is 0 Å². The summed E-state index contributed by atoms with van der Waals surface area (Å²) in [5, 5.41) is 12.8. The Labute approximate surface area is 155 Å². The molecule has 140 valence electrons. The van der Waals surface area contributed by atoms with Crippen molar-refractivity contribution < 1.29 is 23.8 Å². The normalized spacial score (nSPS) is 10.6. The van der Waals surface area contributed by atoms with Crippen LogP contribution in [-0.2, 0) is 6.42 Å². The minimum Gasteiger partial charge on any atom is -0.497 e. The molecule has 3 rings (SSSR count). The maximum absolute atomic E-state index is 11.7.